The summed E-state index contributed by atoms with van der Waals surface area (Å²) in [5.41, 5.74) is 1.19. The van der Waals surface area contributed by atoms with Gasteiger partial charge in [0.25, 0.3) is 0 Å². The Balaban J connectivity index is 2.52. The molecule has 0 atom stereocenters. The van der Waals surface area contributed by atoms with Crippen LogP contribution in [-0.2, 0) is 9.53 Å². The van der Waals surface area contributed by atoms with Crippen molar-refractivity contribution >= 4 is 35.0 Å². The molecule has 5 nitrogen and oxygen atoms in total. The van der Waals surface area contributed by atoms with Crippen molar-refractivity contribution in [2.75, 3.05) is 23.6 Å². The van der Waals surface area contributed by atoms with Crippen molar-refractivity contribution in [1.29, 1.82) is 0 Å². The van der Waals surface area contributed by atoms with Gasteiger partial charge < -0.3 is 10.1 Å². The van der Waals surface area contributed by atoms with E-state index in [1.807, 2.05) is 0 Å². The van der Waals surface area contributed by atoms with Gasteiger partial charge in [0.15, 0.2) is 0 Å². The van der Waals surface area contributed by atoms with Crippen LogP contribution in [0, 0.1) is 0 Å². The molecule has 0 fully saturated rings. The second kappa shape index (κ2) is 8.37. The molecule has 0 radical (unpaired) electrons. The molecule has 0 aliphatic carbocycles. The van der Waals surface area contributed by atoms with Crippen LogP contribution in [0.3, 0.4) is 0 Å². The number of nitrogens with one attached hydrogen (secondary N) is 2. The Kier molecular flexibility index (Phi) is 6.74. The highest BCUT2D eigenvalue weighted by Crippen LogP contribution is 2.15. The lowest BCUT2D eigenvalue weighted by atomic mass is 10.2. The van der Waals surface area contributed by atoms with Gasteiger partial charge in [-0.25, -0.2) is 4.79 Å². The maximum absolute atomic E-state index is 11.6. The smallest absolute Gasteiger partial charge is 0.411 e. The van der Waals surface area contributed by atoms with Crippen molar-refractivity contribution in [3.05, 3.63) is 24.3 Å². The molecule has 19 heavy (non-hydrogen) atoms. The van der Waals surface area contributed by atoms with Gasteiger partial charge >= 0.3 is 6.09 Å². The Labute approximate surface area is 117 Å². The zero-order chi connectivity index (χ0) is 14.1. The van der Waals surface area contributed by atoms with E-state index in [1.165, 1.54) is 7.11 Å². The van der Waals surface area contributed by atoms with E-state index in [2.05, 4.69) is 15.4 Å². The fourth-order valence-corrected chi connectivity index (χ4v) is 1.64. The summed E-state index contributed by atoms with van der Waals surface area (Å²) >= 11 is 5.54. The van der Waals surface area contributed by atoms with Gasteiger partial charge in [-0.15, -0.1) is 11.6 Å². The Morgan fingerprint density at radius 3 is 2.53 bits per heavy atom. The first-order chi connectivity index (χ1) is 9.15. The fourth-order valence-electron chi connectivity index (χ4n) is 1.45. The molecule has 1 rings (SSSR count). The zero-order valence-corrected chi connectivity index (χ0v) is 11.5. The molecule has 2 amide bonds. The van der Waals surface area contributed by atoms with Gasteiger partial charge in [-0.3, -0.25) is 10.1 Å². The third-order valence-electron chi connectivity index (χ3n) is 2.37. The number of halogens is 1. The van der Waals surface area contributed by atoms with E-state index in [0.29, 0.717) is 23.7 Å². The fraction of sp³-hybridized carbons (Fsp3) is 0.385. The van der Waals surface area contributed by atoms with E-state index in [4.69, 9.17) is 11.6 Å². The minimum Gasteiger partial charge on any atom is -0.453 e. The van der Waals surface area contributed by atoms with Crippen LogP contribution < -0.4 is 10.6 Å². The monoisotopic (exact) mass is 284 g/mol. The van der Waals surface area contributed by atoms with E-state index in [-0.39, 0.29) is 5.91 Å². The third-order valence-corrected chi connectivity index (χ3v) is 2.63. The first kappa shape index (κ1) is 15.3. The van der Waals surface area contributed by atoms with E-state index in [0.717, 1.165) is 12.8 Å². The number of unbranched alkanes of at least 4 members (excludes halogenated alkanes) is 1. The van der Waals surface area contributed by atoms with Crippen molar-refractivity contribution in [1.82, 2.24) is 0 Å². The van der Waals surface area contributed by atoms with Gasteiger partial charge in [0, 0.05) is 23.7 Å². The van der Waals surface area contributed by atoms with Crippen LogP contribution >= 0.6 is 11.6 Å². The molecule has 0 saturated heterocycles. The van der Waals surface area contributed by atoms with Crippen molar-refractivity contribution in [3.8, 4) is 0 Å². The summed E-state index contributed by atoms with van der Waals surface area (Å²) < 4.78 is 4.49. The summed E-state index contributed by atoms with van der Waals surface area (Å²) in [6.45, 7) is 0. The van der Waals surface area contributed by atoms with E-state index in [9.17, 15) is 9.59 Å². The standard InChI is InChI=1S/C13H17ClN2O3/c1-19-13(18)16-11-6-4-5-10(9-11)15-12(17)7-2-3-8-14/h4-6,9H,2-3,7-8H2,1H3,(H,15,17)(H,16,18). The minimum atomic E-state index is -0.550. The first-order valence-electron chi connectivity index (χ1n) is 5.96. The molecule has 1 aromatic carbocycles. The van der Waals surface area contributed by atoms with Crippen LogP contribution in [0.15, 0.2) is 24.3 Å². The lowest BCUT2D eigenvalue weighted by Gasteiger charge is -2.08. The molecule has 0 spiro atoms. The summed E-state index contributed by atoms with van der Waals surface area (Å²) in [6.07, 6.45) is 1.46. The number of hydrogen-bond donors (Lipinski definition) is 2. The summed E-state index contributed by atoms with van der Waals surface area (Å²) in [4.78, 5) is 22.7. The minimum absolute atomic E-state index is 0.0691. The molecule has 0 aliphatic heterocycles. The molecule has 0 saturated carbocycles. The molecule has 0 bridgehead atoms. The van der Waals surface area contributed by atoms with Crippen LogP contribution in [0.25, 0.3) is 0 Å². The van der Waals surface area contributed by atoms with Gasteiger partial charge in [-0.05, 0) is 31.0 Å². The highest BCUT2D eigenvalue weighted by Gasteiger charge is 2.04. The Bertz CT molecular complexity index is 438. The van der Waals surface area contributed by atoms with Gasteiger partial charge in [0.1, 0.15) is 0 Å². The van der Waals surface area contributed by atoms with Gasteiger partial charge in [-0.1, -0.05) is 6.07 Å². The molecule has 6 heteroatoms. The number of alkyl halides is 1. The van der Waals surface area contributed by atoms with Crippen molar-refractivity contribution in [3.63, 3.8) is 0 Å². The van der Waals surface area contributed by atoms with Crippen molar-refractivity contribution in [2.24, 2.45) is 0 Å². The van der Waals surface area contributed by atoms with Gasteiger partial charge in [-0.2, -0.15) is 0 Å². The van der Waals surface area contributed by atoms with Gasteiger partial charge in [0.05, 0.1) is 7.11 Å². The highest BCUT2D eigenvalue weighted by atomic mass is 35.5. The number of methoxy groups -OCH3 is 1. The van der Waals surface area contributed by atoms with E-state index < -0.39 is 6.09 Å². The quantitative estimate of drug-likeness (QED) is 0.622. The molecule has 104 valence electrons. The maximum Gasteiger partial charge on any atom is 0.411 e. The summed E-state index contributed by atoms with van der Waals surface area (Å²) in [5, 5.41) is 5.29. The van der Waals surface area contributed by atoms with Gasteiger partial charge in [0.2, 0.25) is 5.91 Å². The molecule has 1 aromatic rings. The predicted molar refractivity (Wildman–Crippen MR) is 75.7 cm³/mol. The topological polar surface area (TPSA) is 67.4 Å². The molecule has 0 aromatic heterocycles. The van der Waals surface area contributed by atoms with Crippen LogP contribution in [0.1, 0.15) is 19.3 Å². The number of ether oxygens (including phenoxy) is 1. The number of hydrogen-bond acceptors (Lipinski definition) is 3. The number of amides is 2. The van der Waals surface area contributed by atoms with Crippen LogP contribution in [-0.4, -0.2) is 25.0 Å². The average molecular weight is 285 g/mol. The number of rotatable bonds is 6. The van der Waals surface area contributed by atoms with Crippen LogP contribution in [0.5, 0.6) is 0 Å². The average Bonchev–Trinajstić information content (AvgIpc) is 2.39. The summed E-state index contributed by atoms with van der Waals surface area (Å²) in [6, 6.07) is 6.86. The van der Waals surface area contributed by atoms with E-state index in [1.54, 1.807) is 24.3 Å². The van der Waals surface area contributed by atoms with E-state index >= 15 is 0 Å². The van der Waals surface area contributed by atoms with Crippen molar-refractivity contribution < 1.29 is 14.3 Å². The molecule has 0 aliphatic rings. The number of carbonyl (C=O) groups excluding carboxylic acids is 2. The maximum atomic E-state index is 11.6. The highest BCUT2D eigenvalue weighted by molar-refractivity contribution is 6.17. The largest absolute Gasteiger partial charge is 0.453 e. The molecular formula is C13H17ClN2O3. The van der Waals surface area contributed by atoms with Crippen LogP contribution in [0.4, 0.5) is 16.2 Å². The lowest BCUT2D eigenvalue weighted by molar-refractivity contribution is -0.116. The molecular weight excluding hydrogens is 268 g/mol. The molecule has 0 heterocycles. The third kappa shape index (κ3) is 6.10. The Hall–Kier alpha value is -1.75. The number of anilines is 2. The first-order valence-corrected chi connectivity index (χ1v) is 6.50. The SMILES string of the molecule is COC(=O)Nc1cccc(NC(=O)CCCCCl)c1. The lowest BCUT2D eigenvalue weighted by Crippen LogP contribution is -2.13. The number of carbonyl (C=O) groups is 2. The molecule has 0 unspecified atom stereocenters. The predicted octanol–water partition coefficient (Wildman–Crippen LogP) is 3.21. The Morgan fingerprint density at radius 1 is 1.21 bits per heavy atom. The summed E-state index contributed by atoms with van der Waals surface area (Å²) in [5.74, 6) is 0.492. The zero-order valence-electron chi connectivity index (χ0n) is 10.7. The second-order valence-corrected chi connectivity index (χ2v) is 4.27. The molecule has 2 N–H and O–H groups in total. The van der Waals surface area contributed by atoms with Crippen molar-refractivity contribution in [2.45, 2.75) is 19.3 Å². The summed E-state index contributed by atoms with van der Waals surface area (Å²) in [7, 11) is 1.29. The second-order valence-electron chi connectivity index (χ2n) is 3.89. The van der Waals surface area contributed by atoms with Crippen LogP contribution in [0.2, 0.25) is 0 Å². The normalized spacial score (nSPS) is 9.79. The number of benzene rings is 1. The Morgan fingerprint density at radius 2 is 1.89 bits per heavy atom.